The number of fused-ring (bicyclic) bond motifs is 1. The van der Waals surface area contributed by atoms with E-state index in [9.17, 15) is 0 Å². The van der Waals surface area contributed by atoms with Gasteiger partial charge in [-0.15, -0.1) is 0 Å². The second-order valence-corrected chi connectivity index (χ2v) is 6.32. The molecule has 4 rings (SSSR count). The van der Waals surface area contributed by atoms with Gasteiger partial charge in [0.25, 0.3) is 0 Å². The summed E-state index contributed by atoms with van der Waals surface area (Å²) in [7, 11) is 0. The van der Waals surface area contributed by atoms with Gasteiger partial charge in [-0.2, -0.15) is 0 Å². The Labute approximate surface area is 140 Å². The molecule has 3 aromatic rings. The molecule has 0 spiro atoms. The molecule has 0 N–H and O–H groups in total. The van der Waals surface area contributed by atoms with Gasteiger partial charge in [-0.3, -0.25) is 0 Å². The molecule has 0 atom stereocenters. The van der Waals surface area contributed by atoms with E-state index in [0.717, 1.165) is 35.4 Å². The number of rotatable bonds is 2. The zero-order chi connectivity index (χ0) is 15.6. The quantitative estimate of drug-likeness (QED) is 0.669. The third-order valence-electron chi connectivity index (χ3n) is 4.35. The Morgan fingerprint density at radius 2 is 1.57 bits per heavy atom. The van der Waals surface area contributed by atoms with E-state index < -0.39 is 0 Å². The van der Waals surface area contributed by atoms with Crippen LogP contribution in [0.4, 0.5) is 5.82 Å². The number of nitrogens with zero attached hydrogens (tertiary/aromatic N) is 3. The number of halogens is 1. The van der Waals surface area contributed by atoms with Crippen molar-refractivity contribution in [3.05, 3.63) is 53.6 Å². The summed E-state index contributed by atoms with van der Waals surface area (Å²) in [6.45, 7) is 2.12. The van der Waals surface area contributed by atoms with Gasteiger partial charge in [-0.1, -0.05) is 35.9 Å². The van der Waals surface area contributed by atoms with E-state index in [2.05, 4.69) is 11.0 Å². The molecule has 0 unspecified atom stereocenters. The van der Waals surface area contributed by atoms with E-state index in [-0.39, 0.29) is 0 Å². The average Bonchev–Trinajstić information content (AvgIpc) is 2.62. The summed E-state index contributed by atoms with van der Waals surface area (Å²) >= 11 is 6.35. The summed E-state index contributed by atoms with van der Waals surface area (Å²) in [6.07, 6.45) is 3.75. The lowest BCUT2D eigenvalue weighted by Crippen LogP contribution is -2.30. The van der Waals surface area contributed by atoms with E-state index >= 15 is 0 Å². The molecule has 1 saturated heterocycles. The van der Waals surface area contributed by atoms with Crippen molar-refractivity contribution < 1.29 is 0 Å². The van der Waals surface area contributed by atoms with Gasteiger partial charge in [0.05, 0.1) is 10.5 Å². The Hall–Kier alpha value is -2.13. The third kappa shape index (κ3) is 2.77. The predicted molar refractivity (Wildman–Crippen MR) is 96.0 cm³/mol. The number of para-hydroxylation sites is 1. The van der Waals surface area contributed by atoms with E-state index in [0.29, 0.717) is 10.8 Å². The second-order valence-electron chi connectivity index (χ2n) is 5.92. The first-order chi connectivity index (χ1) is 11.3. The van der Waals surface area contributed by atoms with Crippen LogP contribution in [-0.2, 0) is 0 Å². The second kappa shape index (κ2) is 6.17. The van der Waals surface area contributed by atoms with E-state index in [1.807, 2.05) is 42.5 Å². The number of aromatic nitrogens is 2. The van der Waals surface area contributed by atoms with Crippen LogP contribution in [0.5, 0.6) is 0 Å². The highest BCUT2D eigenvalue weighted by Crippen LogP contribution is 2.31. The Morgan fingerprint density at radius 3 is 2.39 bits per heavy atom. The van der Waals surface area contributed by atoms with Crippen molar-refractivity contribution in [2.45, 2.75) is 19.3 Å². The third-order valence-corrected chi connectivity index (χ3v) is 4.68. The molecule has 2 aromatic carbocycles. The van der Waals surface area contributed by atoms with Crippen molar-refractivity contribution in [2.75, 3.05) is 18.0 Å². The Kier molecular flexibility index (Phi) is 3.88. The monoisotopic (exact) mass is 323 g/mol. The molecule has 23 heavy (non-hydrogen) atoms. The summed E-state index contributed by atoms with van der Waals surface area (Å²) in [5.41, 5.74) is 1.86. The van der Waals surface area contributed by atoms with Crippen LogP contribution >= 0.6 is 11.6 Å². The van der Waals surface area contributed by atoms with Crippen molar-refractivity contribution >= 4 is 28.3 Å². The maximum Gasteiger partial charge on any atom is 0.163 e. The van der Waals surface area contributed by atoms with Gasteiger partial charge in [0.1, 0.15) is 5.82 Å². The van der Waals surface area contributed by atoms with Crippen LogP contribution in [0.15, 0.2) is 48.5 Å². The van der Waals surface area contributed by atoms with Crippen LogP contribution in [0, 0.1) is 0 Å². The minimum absolute atomic E-state index is 0.687. The maximum atomic E-state index is 6.35. The summed E-state index contributed by atoms with van der Waals surface area (Å²) in [5, 5.41) is 1.80. The van der Waals surface area contributed by atoms with Crippen LogP contribution in [0.25, 0.3) is 22.3 Å². The molecule has 0 amide bonds. The Bertz CT molecular complexity index is 841. The van der Waals surface area contributed by atoms with Crippen LogP contribution < -0.4 is 4.90 Å². The molecule has 1 aromatic heterocycles. The molecule has 1 aliphatic heterocycles. The normalized spacial score (nSPS) is 15.1. The van der Waals surface area contributed by atoms with Crippen molar-refractivity contribution in [2.24, 2.45) is 0 Å². The summed E-state index contributed by atoms with van der Waals surface area (Å²) in [5.74, 6) is 1.74. The van der Waals surface area contributed by atoms with Gasteiger partial charge >= 0.3 is 0 Å². The van der Waals surface area contributed by atoms with Gasteiger partial charge in [-0.05, 0) is 43.5 Å². The first-order valence-electron chi connectivity index (χ1n) is 8.09. The highest BCUT2D eigenvalue weighted by atomic mass is 35.5. The lowest BCUT2D eigenvalue weighted by molar-refractivity contribution is 0.575. The highest BCUT2D eigenvalue weighted by molar-refractivity contribution is 6.33. The summed E-state index contributed by atoms with van der Waals surface area (Å²) in [4.78, 5) is 12.0. The van der Waals surface area contributed by atoms with Gasteiger partial charge in [0.2, 0.25) is 0 Å². The Morgan fingerprint density at radius 1 is 0.826 bits per heavy atom. The minimum atomic E-state index is 0.687. The molecule has 0 bridgehead atoms. The first-order valence-corrected chi connectivity index (χ1v) is 8.47. The smallest absolute Gasteiger partial charge is 0.163 e. The van der Waals surface area contributed by atoms with Gasteiger partial charge < -0.3 is 4.90 Å². The molecule has 0 aliphatic carbocycles. The fraction of sp³-hybridized carbons (Fsp3) is 0.263. The van der Waals surface area contributed by atoms with Crippen LogP contribution in [0.1, 0.15) is 19.3 Å². The van der Waals surface area contributed by atoms with Crippen LogP contribution in [0.3, 0.4) is 0 Å². The standard InChI is InChI=1S/C19H18ClN3/c20-16-10-4-2-8-14(16)18-21-17-11-5-3-9-15(17)19(22-18)23-12-6-1-7-13-23/h2-5,8-11H,1,6-7,12-13H2. The van der Waals surface area contributed by atoms with Crippen molar-refractivity contribution in [1.82, 2.24) is 9.97 Å². The number of benzene rings is 2. The number of piperidine rings is 1. The minimum Gasteiger partial charge on any atom is -0.356 e. The van der Waals surface area contributed by atoms with E-state index in [4.69, 9.17) is 21.6 Å². The average molecular weight is 324 g/mol. The SMILES string of the molecule is Clc1ccccc1-c1nc(N2CCCCC2)c2ccccc2n1. The fourth-order valence-electron chi connectivity index (χ4n) is 3.17. The zero-order valence-electron chi connectivity index (χ0n) is 12.9. The zero-order valence-corrected chi connectivity index (χ0v) is 13.6. The molecule has 1 fully saturated rings. The molecular weight excluding hydrogens is 306 g/mol. The van der Waals surface area contributed by atoms with Gasteiger partial charge in [0, 0.05) is 24.0 Å². The van der Waals surface area contributed by atoms with Crippen molar-refractivity contribution in [1.29, 1.82) is 0 Å². The van der Waals surface area contributed by atoms with E-state index in [1.165, 1.54) is 19.3 Å². The topological polar surface area (TPSA) is 29.0 Å². The van der Waals surface area contributed by atoms with Gasteiger partial charge in [0.15, 0.2) is 5.82 Å². The highest BCUT2D eigenvalue weighted by Gasteiger charge is 2.18. The first kappa shape index (κ1) is 14.5. The molecule has 3 nitrogen and oxygen atoms in total. The Balaban J connectivity index is 1.91. The number of anilines is 1. The van der Waals surface area contributed by atoms with Crippen LogP contribution in [0.2, 0.25) is 5.02 Å². The molecule has 2 heterocycles. The predicted octanol–water partition coefficient (Wildman–Crippen LogP) is 4.94. The molecule has 0 radical (unpaired) electrons. The van der Waals surface area contributed by atoms with Crippen molar-refractivity contribution in [3.8, 4) is 11.4 Å². The lowest BCUT2D eigenvalue weighted by atomic mass is 10.1. The fourth-order valence-corrected chi connectivity index (χ4v) is 3.39. The summed E-state index contributed by atoms with van der Waals surface area (Å²) in [6, 6.07) is 16.0. The maximum absolute atomic E-state index is 6.35. The molecule has 1 aliphatic rings. The largest absolute Gasteiger partial charge is 0.356 e. The number of hydrogen-bond donors (Lipinski definition) is 0. The molecular formula is C19H18ClN3. The molecule has 0 saturated carbocycles. The van der Waals surface area contributed by atoms with Gasteiger partial charge in [-0.25, -0.2) is 9.97 Å². The molecule has 116 valence electrons. The lowest BCUT2D eigenvalue weighted by Gasteiger charge is -2.29. The summed E-state index contributed by atoms with van der Waals surface area (Å²) < 4.78 is 0. The van der Waals surface area contributed by atoms with Crippen molar-refractivity contribution in [3.63, 3.8) is 0 Å². The van der Waals surface area contributed by atoms with Crippen LogP contribution in [-0.4, -0.2) is 23.1 Å². The van der Waals surface area contributed by atoms with E-state index in [1.54, 1.807) is 0 Å². The number of hydrogen-bond acceptors (Lipinski definition) is 3. The molecule has 4 heteroatoms.